The summed E-state index contributed by atoms with van der Waals surface area (Å²) in [4.78, 5) is 38.0. The first-order valence-corrected chi connectivity index (χ1v) is 12.7. The van der Waals surface area contributed by atoms with Gasteiger partial charge >= 0.3 is 5.97 Å². The van der Waals surface area contributed by atoms with E-state index >= 15 is 0 Å². The van der Waals surface area contributed by atoms with Gasteiger partial charge in [0.2, 0.25) is 0 Å². The predicted molar refractivity (Wildman–Crippen MR) is 121 cm³/mol. The van der Waals surface area contributed by atoms with Crippen molar-refractivity contribution in [3.05, 3.63) is 11.6 Å². The van der Waals surface area contributed by atoms with Gasteiger partial charge in [-0.1, -0.05) is 19.4 Å². The number of rotatable bonds is 3. The molecule has 1 heterocycles. The lowest BCUT2D eigenvalue weighted by Gasteiger charge is -2.56. The average Bonchev–Trinajstić information content (AvgIpc) is 3.14. The quantitative estimate of drug-likeness (QED) is 0.494. The molecule has 35 heavy (non-hydrogen) atoms. The fourth-order valence-electron chi connectivity index (χ4n) is 7.72. The molecule has 4 aliphatic carbocycles. The molecule has 5 rings (SSSR count). The van der Waals surface area contributed by atoms with Crippen molar-refractivity contribution in [3.8, 4) is 0 Å². The number of ketones is 2. The van der Waals surface area contributed by atoms with E-state index in [9.17, 15) is 29.7 Å². The number of esters is 1. The Labute approximate surface area is 204 Å². The van der Waals surface area contributed by atoms with Gasteiger partial charge in [-0.2, -0.15) is 0 Å². The molecule has 0 aromatic heterocycles. The van der Waals surface area contributed by atoms with Crippen molar-refractivity contribution in [1.29, 1.82) is 0 Å². The van der Waals surface area contributed by atoms with E-state index in [2.05, 4.69) is 11.7 Å². The summed E-state index contributed by atoms with van der Waals surface area (Å²) in [5.41, 5.74) is 0.472. The van der Waals surface area contributed by atoms with Crippen molar-refractivity contribution in [2.24, 2.45) is 28.6 Å². The fourth-order valence-corrected chi connectivity index (χ4v) is 7.72. The van der Waals surface area contributed by atoms with Gasteiger partial charge in [0.05, 0.1) is 13.2 Å². The summed E-state index contributed by atoms with van der Waals surface area (Å²) < 4.78 is 16.1. The number of carbonyl (C=O) groups excluding carboxylic acids is 3. The number of Topliss-reactive ketones (excluding diaryl/α,β-unsaturated/α-hetero) is 1. The maximum Gasteiger partial charge on any atom is 0.337 e. The van der Waals surface area contributed by atoms with Crippen LogP contribution in [-0.4, -0.2) is 76.8 Å². The molecule has 0 spiro atoms. The zero-order valence-electron chi connectivity index (χ0n) is 20.5. The molecular weight excluding hydrogens is 456 g/mol. The number of aliphatic hydroxyl groups is 3. The minimum atomic E-state index is -1.64. The van der Waals surface area contributed by atoms with E-state index in [1.807, 2.05) is 6.92 Å². The highest BCUT2D eigenvalue weighted by molar-refractivity contribution is 5.96. The summed E-state index contributed by atoms with van der Waals surface area (Å²) in [6, 6.07) is 0. The van der Waals surface area contributed by atoms with E-state index in [1.54, 1.807) is 6.08 Å². The Kier molecular flexibility index (Phi) is 6.24. The van der Waals surface area contributed by atoms with Crippen molar-refractivity contribution in [3.63, 3.8) is 0 Å². The number of methoxy groups -OCH3 is 1. The van der Waals surface area contributed by atoms with E-state index in [4.69, 9.17) is 9.47 Å². The Hall–Kier alpha value is -1.65. The van der Waals surface area contributed by atoms with Gasteiger partial charge in [0.1, 0.15) is 24.1 Å². The monoisotopic (exact) mass is 492 g/mol. The maximum absolute atomic E-state index is 13.4. The zero-order valence-corrected chi connectivity index (χ0v) is 20.5. The molecule has 4 fully saturated rings. The third kappa shape index (κ3) is 3.73. The van der Waals surface area contributed by atoms with Crippen molar-refractivity contribution < 1.29 is 43.9 Å². The zero-order chi connectivity index (χ0) is 25.3. The van der Waals surface area contributed by atoms with E-state index in [1.165, 1.54) is 0 Å². The molecule has 194 valence electrons. The molecule has 0 aromatic carbocycles. The largest absolute Gasteiger partial charge is 0.467 e. The summed E-state index contributed by atoms with van der Waals surface area (Å²) >= 11 is 0. The van der Waals surface area contributed by atoms with Gasteiger partial charge < -0.3 is 29.5 Å². The van der Waals surface area contributed by atoms with E-state index < -0.39 is 36.7 Å². The van der Waals surface area contributed by atoms with Crippen LogP contribution in [0.2, 0.25) is 0 Å². The van der Waals surface area contributed by atoms with Gasteiger partial charge in [-0.05, 0) is 61.9 Å². The third-order valence-corrected chi connectivity index (χ3v) is 9.94. The van der Waals surface area contributed by atoms with Gasteiger partial charge in [-0.15, -0.1) is 0 Å². The van der Waals surface area contributed by atoms with E-state index in [0.717, 1.165) is 38.4 Å². The second kappa shape index (κ2) is 8.73. The number of fused-ring (bicyclic) bond motifs is 5. The standard InChI is InChI=1S/C26H36O9/c1-25-8-6-13(34-24-21(31)19(29)20(30)22(35-24)23(32)33-3)10-12(25)11-16(27)18-14-4-5-17(28)26(14,2)9-7-15(18)25/h11,13-15,18-22,24,29-31H,4-10H2,1-3H3/t13-,14-,15-,18-,19-,20-,21+,22-,24+,25-,26-/m0/s1. The van der Waals surface area contributed by atoms with Crippen LogP contribution >= 0.6 is 0 Å². The molecule has 3 N–H and O–H groups in total. The predicted octanol–water partition coefficient (Wildman–Crippen LogP) is 1.06. The molecular formula is C26H36O9. The Morgan fingerprint density at radius 1 is 1.00 bits per heavy atom. The number of hydrogen-bond acceptors (Lipinski definition) is 9. The van der Waals surface area contributed by atoms with Crippen LogP contribution in [-0.2, 0) is 28.6 Å². The second-order valence-corrected chi connectivity index (χ2v) is 11.6. The normalized spacial score (nSPS) is 49.5. The lowest BCUT2D eigenvalue weighted by molar-refractivity contribution is -0.306. The van der Waals surface area contributed by atoms with Crippen LogP contribution in [0.1, 0.15) is 58.8 Å². The SMILES string of the molecule is COC(=O)[C@H]1O[C@@H](O[C@H]2CC[C@@]3(C)C(=CC(=O)[C@@H]4[C@@H]3CC[C@]3(C)C(=O)CC[C@@H]43)C2)[C@H](O)[C@@H](O)[C@@H]1O. The Morgan fingerprint density at radius 2 is 1.69 bits per heavy atom. The minimum Gasteiger partial charge on any atom is -0.467 e. The molecule has 3 saturated carbocycles. The highest BCUT2D eigenvalue weighted by atomic mass is 16.7. The topological polar surface area (TPSA) is 140 Å². The summed E-state index contributed by atoms with van der Waals surface area (Å²) in [5, 5.41) is 30.7. The molecule has 0 radical (unpaired) electrons. The van der Waals surface area contributed by atoms with Crippen LogP contribution in [0, 0.1) is 28.6 Å². The lowest BCUT2D eigenvalue weighted by Crippen LogP contribution is -2.61. The van der Waals surface area contributed by atoms with Gasteiger partial charge in [-0.3, -0.25) is 9.59 Å². The van der Waals surface area contributed by atoms with Crippen LogP contribution in [0.3, 0.4) is 0 Å². The number of ether oxygens (including phenoxy) is 3. The molecule has 1 aliphatic heterocycles. The summed E-state index contributed by atoms with van der Waals surface area (Å²) in [6.45, 7) is 4.27. The molecule has 0 bridgehead atoms. The molecule has 5 aliphatic rings. The van der Waals surface area contributed by atoms with Gasteiger partial charge in [0, 0.05) is 17.8 Å². The van der Waals surface area contributed by atoms with Crippen molar-refractivity contribution >= 4 is 17.5 Å². The first kappa shape index (κ1) is 25.0. The Balaban J connectivity index is 1.33. The van der Waals surface area contributed by atoms with Gasteiger partial charge in [0.15, 0.2) is 18.2 Å². The molecule has 9 nitrogen and oxygen atoms in total. The first-order valence-electron chi connectivity index (χ1n) is 12.7. The van der Waals surface area contributed by atoms with Crippen LogP contribution in [0.25, 0.3) is 0 Å². The summed E-state index contributed by atoms with van der Waals surface area (Å²) in [6.07, 6.45) is -1.28. The maximum atomic E-state index is 13.4. The smallest absolute Gasteiger partial charge is 0.337 e. The molecule has 9 heteroatoms. The van der Waals surface area contributed by atoms with E-state index in [0.29, 0.717) is 25.0 Å². The number of carbonyl (C=O) groups is 3. The van der Waals surface area contributed by atoms with Gasteiger partial charge in [-0.25, -0.2) is 4.79 Å². The Bertz CT molecular complexity index is 945. The highest BCUT2D eigenvalue weighted by Gasteiger charge is 2.61. The molecule has 1 saturated heterocycles. The molecule has 0 unspecified atom stereocenters. The number of allylic oxidation sites excluding steroid dienone is 1. The molecule has 0 aromatic rings. The summed E-state index contributed by atoms with van der Waals surface area (Å²) in [7, 11) is 1.14. The second-order valence-electron chi connectivity index (χ2n) is 11.6. The third-order valence-electron chi connectivity index (χ3n) is 9.94. The van der Waals surface area contributed by atoms with Crippen LogP contribution in [0.4, 0.5) is 0 Å². The fraction of sp³-hybridized carbons (Fsp3) is 0.808. The van der Waals surface area contributed by atoms with Crippen LogP contribution < -0.4 is 0 Å². The van der Waals surface area contributed by atoms with Crippen molar-refractivity contribution in [1.82, 2.24) is 0 Å². The van der Waals surface area contributed by atoms with E-state index in [-0.39, 0.29) is 40.5 Å². The van der Waals surface area contributed by atoms with Crippen molar-refractivity contribution in [2.75, 3.05) is 7.11 Å². The first-order chi connectivity index (χ1) is 16.5. The number of aliphatic hydroxyl groups excluding tert-OH is 3. The summed E-state index contributed by atoms with van der Waals surface area (Å²) in [5.74, 6) is -0.278. The molecule has 11 atom stereocenters. The average molecular weight is 493 g/mol. The highest BCUT2D eigenvalue weighted by Crippen LogP contribution is 2.63. The number of hydrogen-bond donors (Lipinski definition) is 3. The van der Waals surface area contributed by atoms with Crippen LogP contribution in [0.15, 0.2) is 11.6 Å². The lowest BCUT2D eigenvalue weighted by atomic mass is 9.48. The molecule has 0 amide bonds. The Morgan fingerprint density at radius 3 is 2.40 bits per heavy atom. The van der Waals surface area contributed by atoms with Crippen molar-refractivity contribution in [2.45, 2.75) is 95.6 Å². The van der Waals surface area contributed by atoms with Crippen LogP contribution in [0.5, 0.6) is 0 Å². The van der Waals surface area contributed by atoms with Gasteiger partial charge in [0.25, 0.3) is 0 Å². The minimum absolute atomic E-state index is 0.104.